The Hall–Kier alpha value is -1.86. The van der Waals surface area contributed by atoms with Crippen molar-refractivity contribution in [3.8, 4) is 0 Å². The number of hydrogen-bond donors (Lipinski definition) is 2. The molecule has 0 atom stereocenters. The Morgan fingerprint density at radius 2 is 2.00 bits per heavy atom. The Morgan fingerprint density at radius 1 is 1.25 bits per heavy atom. The number of para-hydroxylation sites is 1. The molecule has 2 rings (SSSR count). The minimum atomic E-state index is -3.56. The third kappa shape index (κ3) is 3.37. The highest BCUT2D eigenvalue weighted by molar-refractivity contribution is 7.89. The third-order valence-corrected chi connectivity index (χ3v) is 4.22. The molecule has 0 aliphatic heterocycles. The van der Waals surface area contributed by atoms with Crippen molar-refractivity contribution < 1.29 is 8.42 Å². The lowest BCUT2D eigenvalue weighted by Crippen LogP contribution is -2.24. The van der Waals surface area contributed by atoms with Gasteiger partial charge in [-0.15, -0.1) is 0 Å². The van der Waals surface area contributed by atoms with Gasteiger partial charge in [-0.05, 0) is 25.1 Å². The molecule has 7 heteroatoms. The summed E-state index contributed by atoms with van der Waals surface area (Å²) in [4.78, 5) is 0.248. The number of nitrogens with one attached hydrogen (secondary N) is 2. The number of aromatic nitrogens is 2. The van der Waals surface area contributed by atoms with Gasteiger partial charge in [-0.1, -0.05) is 12.1 Å². The highest BCUT2D eigenvalue weighted by atomic mass is 32.2. The van der Waals surface area contributed by atoms with Gasteiger partial charge >= 0.3 is 0 Å². The van der Waals surface area contributed by atoms with Gasteiger partial charge in [0.2, 0.25) is 10.0 Å². The van der Waals surface area contributed by atoms with Crippen LogP contribution in [-0.4, -0.2) is 24.7 Å². The van der Waals surface area contributed by atoms with Crippen LogP contribution in [0, 0.1) is 0 Å². The molecule has 0 aliphatic rings. The van der Waals surface area contributed by atoms with Gasteiger partial charge in [-0.25, -0.2) is 13.1 Å². The van der Waals surface area contributed by atoms with Crippen LogP contribution in [0.2, 0.25) is 0 Å². The average molecular weight is 294 g/mol. The summed E-state index contributed by atoms with van der Waals surface area (Å²) < 4.78 is 28.8. The van der Waals surface area contributed by atoms with Gasteiger partial charge in [0.1, 0.15) is 4.90 Å². The Kier molecular flexibility index (Phi) is 4.41. The van der Waals surface area contributed by atoms with Crippen molar-refractivity contribution in [2.75, 3.05) is 11.9 Å². The summed E-state index contributed by atoms with van der Waals surface area (Å²) in [5.41, 5.74) is 1.28. The monoisotopic (exact) mass is 294 g/mol. The van der Waals surface area contributed by atoms with E-state index in [0.29, 0.717) is 17.9 Å². The van der Waals surface area contributed by atoms with E-state index in [2.05, 4.69) is 15.1 Å². The molecule has 1 aromatic heterocycles. The molecule has 0 saturated heterocycles. The highest BCUT2D eigenvalue weighted by Crippen LogP contribution is 2.20. The van der Waals surface area contributed by atoms with Gasteiger partial charge in [0, 0.05) is 19.8 Å². The van der Waals surface area contributed by atoms with Crippen LogP contribution in [0.3, 0.4) is 0 Å². The van der Waals surface area contributed by atoms with Crippen molar-refractivity contribution in [3.05, 3.63) is 42.2 Å². The van der Waals surface area contributed by atoms with Gasteiger partial charge in [0.05, 0.1) is 17.9 Å². The number of rotatable bonds is 6. The van der Waals surface area contributed by atoms with E-state index < -0.39 is 10.0 Å². The summed E-state index contributed by atoms with van der Waals surface area (Å²) in [6, 6.07) is 8.61. The first-order chi connectivity index (χ1) is 9.53. The Morgan fingerprint density at radius 3 is 2.65 bits per heavy atom. The van der Waals surface area contributed by atoms with Gasteiger partial charge in [0.25, 0.3) is 0 Å². The van der Waals surface area contributed by atoms with Gasteiger partial charge in [0.15, 0.2) is 0 Å². The van der Waals surface area contributed by atoms with Crippen LogP contribution in [0.4, 0.5) is 5.69 Å². The molecular formula is C13H18N4O2S. The topological polar surface area (TPSA) is 76.0 Å². The first-order valence-electron chi connectivity index (χ1n) is 6.34. The van der Waals surface area contributed by atoms with E-state index in [1.54, 1.807) is 48.3 Å². The molecule has 0 saturated carbocycles. The van der Waals surface area contributed by atoms with Crippen molar-refractivity contribution in [1.82, 2.24) is 14.5 Å². The Bertz CT molecular complexity index is 679. The molecular weight excluding hydrogens is 276 g/mol. The van der Waals surface area contributed by atoms with Gasteiger partial charge in [-0.2, -0.15) is 5.10 Å². The summed E-state index contributed by atoms with van der Waals surface area (Å²) in [6.45, 7) is 2.75. The summed E-state index contributed by atoms with van der Waals surface area (Å²) >= 11 is 0. The Labute approximate surface area is 118 Å². The fourth-order valence-corrected chi connectivity index (χ4v) is 3.02. The predicted octanol–water partition coefficient (Wildman–Crippen LogP) is 1.33. The molecule has 0 spiro atoms. The number of nitrogens with zero attached hydrogens (tertiary/aromatic N) is 2. The maximum atomic E-state index is 12.3. The van der Waals surface area contributed by atoms with Crippen molar-refractivity contribution in [1.29, 1.82) is 0 Å². The van der Waals surface area contributed by atoms with E-state index in [1.165, 1.54) is 0 Å². The molecule has 1 aromatic carbocycles. The van der Waals surface area contributed by atoms with Crippen molar-refractivity contribution >= 4 is 15.7 Å². The van der Waals surface area contributed by atoms with E-state index in [1.807, 2.05) is 6.92 Å². The maximum Gasteiger partial charge on any atom is 0.242 e. The molecule has 0 fully saturated rings. The molecule has 20 heavy (non-hydrogen) atoms. The molecule has 0 unspecified atom stereocenters. The second-order valence-corrected chi connectivity index (χ2v) is 6.07. The zero-order valence-corrected chi connectivity index (χ0v) is 12.3. The molecule has 2 aromatic rings. The number of sulfonamides is 1. The van der Waals surface area contributed by atoms with Crippen LogP contribution >= 0.6 is 0 Å². The van der Waals surface area contributed by atoms with Crippen LogP contribution in [0.25, 0.3) is 0 Å². The van der Waals surface area contributed by atoms with Crippen LogP contribution in [0.5, 0.6) is 0 Å². The maximum absolute atomic E-state index is 12.3. The van der Waals surface area contributed by atoms with Crippen LogP contribution < -0.4 is 10.0 Å². The second-order valence-electron chi connectivity index (χ2n) is 4.33. The minimum Gasteiger partial charge on any atom is -0.384 e. The zero-order chi connectivity index (χ0) is 14.6. The fourth-order valence-electron chi connectivity index (χ4n) is 1.84. The summed E-state index contributed by atoms with van der Waals surface area (Å²) in [6.07, 6.45) is 1.77. The zero-order valence-electron chi connectivity index (χ0n) is 11.5. The highest BCUT2D eigenvalue weighted by Gasteiger charge is 2.17. The first-order valence-corrected chi connectivity index (χ1v) is 7.82. The molecule has 0 amide bonds. The number of aryl methyl sites for hydroxylation is 1. The van der Waals surface area contributed by atoms with Gasteiger partial charge in [-0.3, -0.25) is 4.68 Å². The largest absolute Gasteiger partial charge is 0.384 e. The van der Waals surface area contributed by atoms with Crippen molar-refractivity contribution in [2.24, 2.45) is 7.05 Å². The van der Waals surface area contributed by atoms with Crippen LogP contribution in [-0.2, 0) is 23.6 Å². The first kappa shape index (κ1) is 14.5. The molecule has 0 radical (unpaired) electrons. The SMILES string of the molecule is CCNc1ccccc1S(=O)(=O)NCc1ccn(C)n1. The lowest BCUT2D eigenvalue weighted by atomic mass is 10.3. The van der Waals surface area contributed by atoms with E-state index >= 15 is 0 Å². The summed E-state index contributed by atoms with van der Waals surface area (Å²) in [5, 5.41) is 7.19. The normalized spacial score (nSPS) is 11.5. The minimum absolute atomic E-state index is 0.170. The van der Waals surface area contributed by atoms with Gasteiger partial charge < -0.3 is 5.32 Å². The second kappa shape index (κ2) is 6.06. The van der Waals surface area contributed by atoms with E-state index in [-0.39, 0.29) is 11.4 Å². The summed E-state index contributed by atoms with van der Waals surface area (Å²) in [7, 11) is -1.77. The van der Waals surface area contributed by atoms with E-state index in [9.17, 15) is 8.42 Å². The quantitative estimate of drug-likeness (QED) is 0.843. The van der Waals surface area contributed by atoms with Crippen molar-refractivity contribution in [3.63, 3.8) is 0 Å². The molecule has 0 aliphatic carbocycles. The van der Waals surface area contributed by atoms with Crippen molar-refractivity contribution in [2.45, 2.75) is 18.4 Å². The number of anilines is 1. The molecule has 2 N–H and O–H groups in total. The Balaban J connectivity index is 2.18. The summed E-state index contributed by atoms with van der Waals surface area (Å²) in [5.74, 6) is 0. The number of benzene rings is 1. The third-order valence-electron chi connectivity index (χ3n) is 2.76. The van der Waals surface area contributed by atoms with E-state index in [0.717, 1.165) is 0 Å². The predicted molar refractivity (Wildman–Crippen MR) is 77.8 cm³/mol. The molecule has 6 nitrogen and oxygen atoms in total. The lowest BCUT2D eigenvalue weighted by Gasteiger charge is -2.11. The molecule has 108 valence electrons. The fraction of sp³-hybridized carbons (Fsp3) is 0.308. The molecule has 0 bridgehead atoms. The molecule has 1 heterocycles. The van der Waals surface area contributed by atoms with E-state index in [4.69, 9.17) is 0 Å². The van der Waals surface area contributed by atoms with Crippen LogP contribution in [0.15, 0.2) is 41.4 Å². The van der Waals surface area contributed by atoms with Crippen LogP contribution in [0.1, 0.15) is 12.6 Å². The standard InChI is InChI=1S/C13H18N4O2S/c1-3-14-12-6-4-5-7-13(12)20(18,19)15-10-11-8-9-17(2)16-11/h4-9,14-15H,3,10H2,1-2H3. The lowest BCUT2D eigenvalue weighted by molar-refractivity contribution is 0.580. The number of hydrogen-bond acceptors (Lipinski definition) is 4. The smallest absolute Gasteiger partial charge is 0.242 e. The average Bonchev–Trinajstić information content (AvgIpc) is 2.83.